The van der Waals surface area contributed by atoms with Gasteiger partial charge < -0.3 is 30.1 Å². The molecule has 1 aromatic rings. The van der Waals surface area contributed by atoms with Gasteiger partial charge in [-0.05, 0) is 37.5 Å². The average Bonchev–Trinajstić information content (AvgIpc) is 2.77. The predicted molar refractivity (Wildman–Crippen MR) is 113 cm³/mol. The lowest BCUT2D eigenvalue weighted by Gasteiger charge is -2.31. The molecule has 12 heteroatoms. The van der Waals surface area contributed by atoms with Gasteiger partial charge in [-0.15, -0.1) is 0 Å². The molecule has 0 spiro atoms. The van der Waals surface area contributed by atoms with E-state index in [1.807, 2.05) is 31.2 Å². The number of rotatable bonds is 8. The third-order valence-electron chi connectivity index (χ3n) is 4.67. The maximum Gasteiger partial charge on any atom is 0.490 e. The predicted octanol–water partition coefficient (Wildman–Crippen LogP) is 2.20. The Labute approximate surface area is 190 Å². The molecular formula is C21H30F3N3O6. The van der Waals surface area contributed by atoms with Gasteiger partial charge in [0.05, 0.1) is 20.1 Å². The first-order valence-electron chi connectivity index (χ1n) is 10.4. The molecule has 1 saturated heterocycles. The Bertz CT molecular complexity index is 751. The van der Waals surface area contributed by atoms with Gasteiger partial charge in [-0.1, -0.05) is 12.1 Å². The summed E-state index contributed by atoms with van der Waals surface area (Å²) >= 11 is 0. The molecule has 2 rings (SSSR count). The molecule has 0 unspecified atom stereocenters. The standard InChI is InChI=1S/C19H29N3O4.C2HF3O2/c1-3-26-19(24)22-12-8-16(9-13-22)20-10-11-21-18(23)14-15-4-6-17(25-2)7-5-15;3-2(4,5)1(6)7/h4-7,16,20H,3,8-14H2,1-2H3,(H,21,23);(H,6,7). The molecule has 1 aromatic carbocycles. The summed E-state index contributed by atoms with van der Waals surface area (Å²) < 4.78 is 41.9. The summed E-state index contributed by atoms with van der Waals surface area (Å²) in [7, 11) is 1.62. The first kappa shape index (κ1) is 28.0. The van der Waals surface area contributed by atoms with Gasteiger partial charge in [-0.3, -0.25) is 4.79 Å². The topological polar surface area (TPSA) is 117 Å². The molecule has 0 aromatic heterocycles. The molecule has 0 aliphatic carbocycles. The summed E-state index contributed by atoms with van der Waals surface area (Å²) in [6.07, 6.45) is -3.14. The summed E-state index contributed by atoms with van der Waals surface area (Å²) in [5.41, 5.74) is 0.961. The van der Waals surface area contributed by atoms with Crippen LogP contribution in [0.4, 0.5) is 18.0 Å². The van der Waals surface area contributed by atoms with Crippen molar-refractivity contribution < 1.29 is 42.1 Å². The minimum atomic E-state index is -5.08. The number of hydrogen-bond donors (Lipinski definition) is 3. The molecule has 1 aliphatic rings. The summed E-state index contributed by atoms with van der Waals surface area (Å²) in [6, 6.07) is 7.88. The molecule has 0 bridgehead atoms. The van der Waals surface area contributed by atoms with Crippen molar-refractivity contribution in [3.05, 3.63) is 29.8 Å². The second kappa shape index (κ2) is 14.2. The van der Waals surface area contributed by atoms with E-state index >= 15 is 0 Å². The number of carbonyl (C=O) groups is 3. The minimum Gasteiger partial charge on any atom is -0.497 e. The fraction of sp³-hybridized carbons (Fsp3) is 0.571. The van der Waals surface area contributed by atoms with Gasteiger partial charge in [0.25, 0.3) is 0 Å². The molecule has 0 saturated carbocycles. The van der Waals surface area contributed by atoms with E-state index in [0.29, 0.717) is 38.7 Å². The number of alkyl halides is 3. The third-order valence-corrected chi connectivity index (χ3v) is 4.67. The highest BCUT2D eigenvalue weighted by molar-refractivity contribution is 5.78. The molecule has 9 nitrogen and oxygen atoms in total. The Morgan fingerprint density at radius 1 is 1.12 bits per heavy atom. The van der Waals surface area contributed by atoms with Crippen molar-refractivity contribution >= 4 is 18.0 Å². The summed E-state index contributed by atoms with van der Waals surface area (Å²) in [5.74, 6) is -1.96. The fourth-order valence-corrected chi connectivity index (χ4v) is 2.95. The maximum absolute atomic E-state index is 12.0. The Morgan fingerprint density at radius 3 is 2.18 bits per heavy atom. The number of ether oxygens (including phenoxy) is 2. The number of amides is 2. The van der Waals surface area contributed by atoms with E-state index in [1.54, 1.807) is 12.0 Å². The number of piperidine rings is 1. The van der Waals surface area contributed by atoms with Crippen LogP contribution in [-0.2, 0) is 20.7 Å². The zero-order chi connectivity index (χ0) is 24.9. The minimum absolute atomic E-state index is 0.00842. The van der Waals surface area contributed by atoms with Crippen LogP contribution in [0.1, 0.15) is 25.3 Å². The number of halogens is 3. The summed E-state index contributed by atoms with van der Waals surface area (Å²) in [5, 5.41) is 13.5. The molecule has 186 valence electrons. The van der Waals surface area contributed by atoms with Crippen LogP contribution in [-0.4, -0.2) is 80.1 Å². The highest BCUT2D eigenvalue weighted by Gasteiger charge is 2.38. The molecule has 1 aliphatic heterocycles. The van der Waals surface area contributed by atoms with Crippen LogP contribution in [0.25, 0.3) is 0 Å². The molecule has 1 fully saturated rings. The van der Waals surface area contributed by atoms with Crippen molar-refractivity contribution in [3.8, 4) is 5.75 Å². The van der Waals surface area contributed by atoms with E-state index < -0.39 is 12.1 Å². The summed E-state index contributed by atoms with van der Waals surface area (Å²) in [4.78, 5) is 34.3. The molecule has 33 heavy (non-hydrogen) atoms. The number of methoxy groups -OCH3 is 1. The fourth-order valence-electron chi connectivity index (χ4n) is 2.95. The van der Waals surface area contributed by atoms with Crippen LogP contribution in [0.2, 0.25) is 0 Å². The number of likely N-dealkylation sites (tertiary alicyclic amines) is 1. The molecule has 0 radical (unpaired) electrons. The molecule has 0 atom stereocenters. The smallest absolute Gasteiger partial charge is 0.490 e. The first-order chi connectivity index (χ1) is 15.6. The van der Waals surface area contributed by atoms with Crippen LogP contribution >= 0.6 is 0 Å². The zero-order valence-electron chi connectivity index (χ0n) is 18.6. The lowest BCUT2D eigenvalue weighted by Crippen LogP contribution is -2.46. The monoisotopic (exact) mass is 477 g/mol. The van der Waals surface area contributed by atoms with Gasteiger partial charge in [0, 0.05) is 32.2 Å². The van der Waals surface area contributed by atoms with E-state index in [1.165, 1.54) is 0 Å². The number of carbonyl (C=O) groups excluding carboxylic acids is 2. The lowest BCUT2D eigenvalue weighted by molar-refractivity contribution is -0.192. The molecule has 2 amide bonds. The number of carboxylic acids is 1. The van der Waals surface area contributed by atoms with Crippen molar-refractivity contribution in [2.24, 2.45) is 0 Å². The number of aliphatic carboxylic acids is 1. The molecule has 1 heterocycles. The van der Waals surface area contributed by atoms with Crippen LogP contribution in [0, 0.1) is 0 Å². The first-order valence-corrected chi connectivity index (χ1v) is 10.4. The highest BCUT2D eigenvalue weighted by Crippen LogP contribution is 2.13. The van der Waals surface area contributed by atoms with Gasteiger partial charge in [0.15, 0.2) is 0 Å². The van der Waals surface area contributed by atoms with Gasteiger partial charge in [0.1, 0.15) is 5.75 Å². The molecule has 3 N–H and O–H groups in total. The second-order valence-corrected chi connectivity index (χ2v) is 7.09. The van der Waals surface area contributed by atoms with Crippen molar-refractivity contribution in [2.75, 3.05) is 39.9 Å². The number of nitrogens with one attached hydrogen (secondary N) is 2. The van der Waals surface area contributed by atoms with Crippen LogP contribution in [0.15, 0.2) is 24.3 Å². The quantitative estimate of drug-likeness (QED) is 0.492. The van der Waals surface area contributed by atoms with Gasteiger partial charge in [-0.25, -0.2) is 9.59 Å². The largest absolute Gasteiger partial charge is 0.497 e. The number of nitrogens with zero attached hydrogens (tertiary/aromatic N) is 1. The zero-order valence-corrected chi connectivity index (χ0v) is 18.6. The Kier molecular flexibility index (Phi) is 12.0. The number of hydrogen-bond acceptors (Lipinski definition) is 6. The van der Waals surface area contributed by atoms with E-state index in [-0.39, 0.29) is 12.0 Å². The highest BCUT2D eigenvalue weighted by atomic mass is 19.4. The van der Waals surface area contributed by atoms with Crippen LogP contribution in [0.5, 0.6) is 5.75 Å². The van der Waals surface area contributed by atoms with Crippen molar-refractivity contribution in [1.29, 1.82) is 0 Å². The van der Waals surface area contributed by atoms with Crippen molar-refractivity contribution in [2.45, 2.75) is 38.4 Å². The van der Waals surface area contributed by atoms with Gasteiger partial charge >= 0.3 is 18.2 Å². The van der Waals surface area contributed by atoms with Crippen LogP contribution < -0.4 is 15.4 Å². The van der Waals surface area contributed by atoms with Gasteiger partial charge in [-0.2, -0.15) is 13.2 Å². The Hall–Kier alpha value is -3.02. The van der Waals surface area contributed by atoms with E-state index in [9.17, 15) is 22.8 Å². The summed E-state index contributed by atoms with van der Waals surface area (Å²) in [6.45, 7) is 4.95. The number of carboxylic acid groups (broad SMARTS) is 1. The molecular weight excluding hydrogens is 447 g/mol. The van der Waals surface area contributed by atoms with E-state index in [4.69, 9.17) is 19.4 Å². The van der Waals surface area contributed by atoms with E-state index in [0.717, 1.165) is 30.7 Å². The lowest BCUT2D eigenvalue weighted by atomic mass is 10.1. The second-order valence-electron chi connectivity index (χ2n) is 7.09. The maximum atomic E-state index is 12.0. The Balaban J connectivity index is 0.000000675. The SMILES string of the molecule is CCOC(=O)N1CCC(NCCNC(=O)Cc2ccc(OC)cc2)CC1.O=C(O)C(F)(F)F. The normalized spacial score (nSPS) is 14.0. The third kappa shape index (κ3) is 11.4. The van der Waals surface area contributed by atoms with E-state index in [2.05, 4.69) is 10.6 Å². The van der Waals surface area contributed by atoms with Crippen LogP contribution in [0.3, 0.4) is 0 Å². The Morgan fingerprint density at radius 2 is 1.70 bits per heavy atom. The van der Waals surface area contributed by atoms with Crippen molar-refractivity contribution in [3.63, 3.8) is 0 Å². The number of benzene rings is 1. The van der Waals surface area contributed by atoms with Crippen molar-refractivity contribution in [1.82, 2.24) is 15.5 Å². The average molecular weight is 477 g/mol. The van der Waals surface area contributed by atoms with Gasteiger partial charge in [0.2, 0.25) is 5.91 Å².